The minimum absolute atomic E-state index is 0.0875. The highest BCUT2D eigenvalue weighted by Gasteiger charge is 2.17. The highest BCUT2D eigenvalue weighted by molar-refractivity contribution is 6.02. The van der Waals surface area contributed by atoms with Gasteiger partial charge in [0.15, 0.2) is 6.29 Å². The maximum absolute atomic E-state index is 13.0. The lowest BCUT2D eigenvalue weighted by molar-refractivity contribution is 0.0992. The van der Waals surface area contributed by atoms with E-state index >= 15 is 0 Å². The third kappa shape index (κ3) is 1.45. The van der Waals surface area contributed by atoms with E-state index in [1.807, 2.05) is 0 Å². The number of amides is 1. The number of hydrogen-bond donors (Lipinski definition) is 1. The summed E-state index contributed by atoms with van der Waals surface area (Å²) in [5.74, 6) is -1.87. The molecule has 0 aromatic heterocycles. The summed E-state index contributed by atoms with van der Waals surface area (Å²) in [6.45, 7) is 0. The van der Waals surface area contributed by atoms with Crippen molar-refractivity contribution in [2.45, 2.75) is 0 Å². The molecule has 4 nitrogen and oxygen atoms in total. The lowest BCUT2D eigenvalue weighted by Crippen LogP contribution is -2.16. The second kappa shape index (κ2) is 3.66. The van der Waals surface area contributed by atoms with Gasteiger partial charge in [-0.15, -0.1) is 0 Å². The Hall–Kier alpha value is -2.22. The Kier molecular flexibility index (Phi) is 2.58. The Morgan fingerprint density at radius 1 is 1.57 bits per heavy atom. The molecular formula is C9H5FN2O2. The molecule has 0 radical (unpaired) electrons. The third-order valence-corrected chi connectivity index (χ3v) is 1.67. The first kappa shape index (κ1) is 9.86. The number of nitrogens with two attached hydrogens (primary N) is 1. The molecule has 2 N–H and O–H groups in total. The number of primary amides is 1. The van der Waals surface area contributed by atoms with Crippen molar-refractivity contribution in [3.63, 3.8) is 0 Å². The molecule has 0 fully saturated rings. The van der Waals surface area contributed by atoms with Crippen LogP contribution < -0.4 is 5.73 Å². The van der Waals surface area contributed by atoms with Crippen molar-refractivity contribution in [3.8, 4) is 6.07 Å². The van der Waals surface area contributed by atoms with Gasteiger partial charge in [-0.1, -0.05) is 0 Å². The van der Waals surface area contributed by atoms with E-state index in [-0.39, 0.29) is 11.1 Å². The second-order valence-electron chi connectivity index (χ2n) is 2.48. The van der Waals surface area contributed by atoms with Crippen LogP contribution in [0, 0.1) is 17.1 Å². The molecule has 14 heavy (non-hydrogen) atoms. The van der Waals surface area contributed by atoms with Crippen molar-refractivity contribution in [3.05, 3.63) is 34.6 Å². The zero-order chi connectivity index (χ0) is 10.7. The molecule has 0 aliphatic rings. The molecule has 70 valence electrons. The van der Waals surface area contributed by atoms with Crippen molar-refractivity contribution >= 4 is 12.2 Å². The van der Waals surface area contributed by atoms with Crippen LogP contribution in [0.3, 0.4) is 0 Å². The van der Waals surface area contributed by atoms with Crippen LogP contribution in [0.2, 0.25) is 0 Å². The summed E-state index contributed by atoms with van der Waals surface area (Å²) in [5, 5.41) is 8.55. The van der Waals surface area contributed by atoms with E-state index < -0.39 is 17.3 Å². The van der Waals surface area contributed by atoms with Crippen molar-refractivity contribution in [2.24, 2.45) is 5.73 Å². The van der Waals surface area contributed by atoms with Crippen LogP contribution in [0.1, 0.15) is 26.3 Å². The molecular weight excluding hydrogens is 187 g/mol. The van der Waals surface area contributed by atoms with Crippen LogP contribution in [0.4, 0.5) is 4.39 Å². The number of hydrogen-bond acceptors (Lipinski definition) is 3. The topological polar surface area (TPSA) is 83.9 Å². The van der Waals surface area contributed by atoms with Gasteiger partial charge in [-0.3, -0.25) is 9.59 Å². The molecule has 0 saturated heterocycles. The Labute approximate surface area is 78.7 Å². The zero-order valence-corrected chi connectivity index (χ0v) is 6.95. The van der Waals surface area contributed by atoms with Crippen LogP contribution >= 0.6 is 0 Å². The summed E-state index contributed by atoms with van der Waals surface area (Å²) in [6.07, 6.45) is 0.348. The van der Waals surface area contributed by atoms with Gasteiger partial charge in [-0.2, -0.15) is 5.26 Å². The average Bonchev–Trinajstić information content (AvgIpc) is 2.17. The van der Waals surface area contributed by atoms with Gasteiger partial charge in [0.1, 0.15) is 17.4 Å². The second-order valence-corrected chi connectivity index (χ2v) is 2.48. The van der Waals surface area contributed by atoms with Gasteiger partial charge in [0.2, 0.25) is 0 Å². The molecule has 0 atom stereocenters. The SMILES string of the molecule is N#Cc1c(F)ccc(C=O)c1C(N)=O. The number of halogens is 1. The van der Waals surface area contributed by atoms with Gasteiger partial charge in [0.25, 0.3) is 5.91 Å². The minimum Gasteiger partial charge on any atom is -0.366 e. The summed E-state index contributed by atoms with van der Waals surface area (Å²) < 4.78 is 13.0. The highest BCUT2D eigenvalue weighted by atomic mass is 19.1. The van der Waals surface area contributed by atoms with Crippen molar-refractivity contribution in [1.29, 1.82) is 5.26 Å². The van der Waals surface area contributed by atoms with E-state index in [0.717, 1.165) is 12.1 Å². The fraction of sp³-hybridized carbons (Fsp3) is 0. The van der Waals surface area contributed by atoms with Crippen LogP contribution in [0.5, 0.6) is 0 Å². The van der Waals surface area contributed by atoms with Crippen LogP contribution in [0.25, 0.3) is 0 Å². The number of aldehydes is 1. The molecule has 0 bridgehead atoms. The van der Waals surface area contributed by atoms with E-state index in [0.29, 0.717) is 6.29 Å². The maximum Gasteiger partial charge on any atom is 0.250 e. The Bertz CT molecular complexity index is 449. The smallest absolute Gasteiger partial charge is 0.250 e. The number of carbonyl (C=O) groups is 2. The van der Waals surface area contributed by atoms with Crippen molar-refractivity contribution < 1.29 is 14.0 Å². The lowest BCUT2D eigenvalue weighted by atomic mass is 10.0. The largest absolute Gasteiger partial charge is 0.366 e. The van der Waals surface area contributed by atoms with E-state index in [2.05, 4.69) is 0 Å². The lowest BCUT2D eigenvalue weighted by Gasteiger charge is -2.02. The van der Waals surface area contributed by atoms with Gasteiger partial charge in [-0.25, -0.2) is 4.39 Å². The van der Waals surface area contributed by atoms with Gasteiger partial charge < -0.3 is 5.73 Å². The van der Waals surface area contributed by atoms with Crippen LogP contribution in [-0.2, 0) is 0 Å². The first-order chi connectivity index (χ1) is 6.61. The molecule has 0 aliphatic heterocycles. The summed E-state index contributed by atoms with van der Waals surface area (Å²) in [7, 11) is 0. The molecule has 0 unspecified atom stereocenters. The van der Waals surface area contributed by atoms with Crippen molar-refractivity contribution in [1.82, 2.24) is 0 Å². The Morgan fingerprint density at radius 3 is 2.64 bits per heavy atom. The summed E-state index contributed by atoms with van der Waals surface area (Å²) in [6, 6.07) is 3.52. The molecule has 0 aliphatic carbocycles. The van der Waals surface area contributed by atoms with Gasteiger partial charge >= 0.3 is 0 Å². The molecule has 1 amide bonds. The minimum atomic E-state index is -0.997. The van der Waals surface area contributed by atoms with Crippen molar-refractivity contribution in [2.75, 3.05) is 0 Å². The molecule has 0 heterocycles. The summed E-state index contributed by atoms with van der Waals surface area (Å²) >= 11 is 0. The Morgan fingerprint density at radius 2 is 2.21 bits per heavy atom. The van der Waals surface area contributed by atoms with Crippen LogP contribution in [-0.4, -0.2) is 12.2 Å². The monoisotopic (exact) mass is 192 g/mol. The number of rotatable bonds is 2. The predicted molar refractivity (Wildman–Crippen MR) is 45.0 cm³/mol. The predicted octanol–water partition coefficient (Wildman–Crippen LogP) is 0.609. The van der Waals surface area contributed by atoms with E-state index in [1.165, 1.54) is 6.07 Å². The molecule has 1 aromatic rings. The molecule has 1 aromatic carbocycles. The van der Waals surface area contributed by atoms with E-state index in [4.69, 9.17) is 11.0 Å². The van der Waals surface area contributed by atoms with Gasteiger partial charge in [0.05, 0.1) is 5.56 Å². The quantitative estimate of drug-likeness (QED) is 0.696. The number of nitrogens with zero attached hydrogens (tertiary/aromatic N) is 1. The number of carbonyl (C=O) groups excluding carboxylic acids is 2. The fourth-order valence-electron chi connectivity index (χ4n) is 1.07. The standard InChI is InChI=1S/C9H5FN2O2/c10-7-2-1-5(4-13)8(9(12)14)6(7)3-11/h1-2,4H,(H2,12,14). The third-order valence-electron chi connectivity index (χ3n) is 1.67. The molecule has 5 heteroatoms. The number of nitriles is 1. The zero-order valence-electron chi connectivity index (χ0n) is 6.95. The summed E-state index contributed by atoms with van der Waals surface area (Å²) in [5.41, 5.74) is 3.96. The average molecular weight is 192 g/mol. The molecule has 0 spiro atoms. The fourth-order valence-corrected chi connectivity index (χ4v) is 1.07. The van der Waals surface area contributed by atoms with Gasteiger partial charge in [0, 0.05) is 5.56 Å². The molecule has 1 rings (SSSR count). The Balaban J connectivity index is 3.62. The van der Waals surface area contributed by atoms with Crippen LogP contribution in [0.15, 0.2) is 12.1 Å². The number of benzene rings is 1. The van der Waals surface area contributed by atoms with E-state index in [9.17, 15) is 14.0 Å². The highest BCUT2D eigenvalue weighted by Crippen LogP contribution is 2.15. The van der Waals surface area contributed by atoms with Gasteiger partial charge in [-0.05, 0) is 12.1 Å². The maximum atomic E-state index is 13.0. The summed E-state index contributed by atoms with van der Waals surface area (Å²) in [4.78, 5) is 21.3. The molecule has 0 saturated carbocycles. The normalized spacial score (nSPS) is 9.14. The van der Waals surface area contributed by atoms with E-state index in [1.54, 1.807) is 0 Å². The first-order valence-corrected chi connectivity index (χ1v) is 3.59. The first-order valence-electron chi connectivity index (χ1n) is 3.59.